The number of carbonyl (C=O) groups excluding carboxylic acids is 1. The van der Waals surface area contributed by atoms with Crippen molar-refractivity contribution in [2.75, 3.05) is 6.54 Å². The number of aromatic nitrogens is 2. The quantitative estimate of drug-likeness (QED) is 0.252. The standard InChI is InChI=1S/C31H41N3OS/c1-4-6-13-24(5-2)21-32-30(35)27-20-29(28-22-36-31(33-28)26-16-11-8-12-17-26)34(23(27)3)19-18-25-14-9-7-10-15-25/h8,11-12,14,16-17,20,22,24H,4-7,9-10,13,15,18-19,21H2,1-3H3,(H,32,35). The Hall–Kier alpha value is -2.66. The van der Waals surface area contributed by atoms with Crippen molar-refractivity contribution in [2.24, 2.45) is 5.92 Å². The van der Waals surface area contributed by atoms with Crippen LogP contribution in [-0.4, -0.2) is 22.0 Å². The minimum Gasteiger partial charge on any atom is -0.352 e. The van der Waals surface area contributed by atoms with Crippen LogP contribution in [0.15, 0.2) is 53.4 Å². The van der Waals surface area contributed by atoms with E-state index in [1.54, 1.807) is 16.9 Å². The molecule has 1 atom stereocenters. The Balaban J connectivity index is 1.59. The van der Waals surface area contributed by atoms with Gasteiger partial charge in [0.05, 0.1) is 17.0 Å². The van der Waals surface area contributed by atoms with E-state index in [0.29, 0.717) is 5.92 Å². The van der Waals surface area contributed by atoms with Gasteiger partial charge in [0.25, 0.3) is 5.91 Å². The van der Waals surface area contributed by atoms with Crippen molar-refractivity contribution in [3.8, 4) is 22.0 Å². The van der Waals surface area contributed by atoms with Crippen molar-refractivity contribution < 1.29 is 4.79 Å². The third-order valence-electron chi connectivity index (χ3n) is 7.53. The molecule has 0 fully saturated rings. The topological polar surface area (TPSA) is 46.9 Å². The van der Waals surface area contributed by atoms with Crippen LogP contribution < -0.4 is 5.32 Å². The molecule has 5 heteroatoms. The Labute approximate surface area is 220 Å². The first kappa shape index (κ1) is 26.4. The number of carbonyl (C=O) groups is 1. The molecule has 1 aliphatic carbocycles. The van der Waals surface area contributed by atoms with E-state index in [-0.39, 0.29) is 5.91 Å². The molecule has 0 bridgehead atoms. The summed E-state index contributed by atoms with van der Waals surface area (Å²) in [6, 6.07) is 12.4. The monoisotopic (exact) mass is 503 g/mol. The van der Waals surface area contributed by atoms with Crippen LogP contribution >= 0.6 is 11.3 Å². The summed E-state index contributed by atoms with van der Waals surface area (Å²) in [6.07, 6.45) is 13.2. The van der Waals surface area contributed by atoms with Gasteiger partial charge in [0.1, 0.15) is 5.01 Å². The first-order valence-corrected chi connectivity index (χ1v) is 14.7. The molecule has 2 heterocycles. The van der Waals surface area contributed by atoms with E-state index in [1.807, 2.05) is 18.2 Å². The van der Waals surface area contributed by atoms with Crippen LogP contribution in [0.1, 0.15) is 87.7 Å². The second-order valence-electron chi connectivity index (χ2n) is 10.1. The van der Waals surface area contributed by atoms with Crippen molar-refractivity contribution in [1.82, 2.24) is 14.9 Å². The van der Waals surface area contributed by atoms with Crippen molar-refractivity contribution >= 4 is 17.2 Å². The zero-order valence-electron chi connectivity index (χ0n) is 22.2. The van der Waals surface area contributed by atoms with E-state index in [1.165, 1.54) is 44.9 Å². The SMILES string of the molecule is CCCCC(CC)CNC(=O)c1cc(-c2csc(-c3ccccc3)n2)n(CCC2=CCCCC2)c1C. The van der Waals surface area contributed by atoms with Gasteiger partial charge in [0.15, 0.2) is 0 Å². The van der Waals surface area contributed by atoms with Crippen LogP contribution in [0.4, 0.5) is 0 Å². The summed E-state index contributed by atoms with van der Waals surface area (Å²) >= 11 is 1.66. The molecule has 192 valence electrons. The molecule has 0 saturated heterocycles. The van der Waals surface area contributed by atoms with Crippen LogP contribution in [0, 0.1) is 12.8 Å². The number of unbranched alkanes of at least 4 members (excludes halogenated alkanes) is 1. The molecule has 4 nitrogen and oxygen atoms in total. The lowest BCUT2D eigenvalue weighted by atomic mass is 9.97. The lowest BCUT2D eigenvalue weighted by Gasteiger charge is -2.16. The van der Waals surface area contributed by atoms with Gasteiger partial charge in [-0.15, -0.1) is 11.3 Å². The molecule has 1 N–H and O–H groups in total. The first-order chi connectivity index (χ1) is 17.6. The maximum atomic E-state index is 13.3. The zero-order chi connectivity index (χ0) is 25.3. The van der Waals surface area contributed by atoms with E-state index in [4.69, 9.17) is 4.98 Å². The second-order valence-corrected chi connectivity index (χ2v) is 10.9. The number of allylic oxidation sites excluding steroid dienone is 2. The van der Waals surface area contributed by atoms with E-state index in [9.17, 15) is 4.79 Å². The van der Waals surface area contributed by atoms with E-state index >= 15 is 0 Å². The van der Waals surface area contributed by atoms with Crippen LogP contribution in [0.5, 0.6) is 0 Å². The first-order valence-electron chi connectivity index (χ1n) is 13.8. The Bertz CT molecular complexity index is 1160. The predicted octanol–water partition coefficient (Wildman–Crippen LogP) is 8.42. The van der Waals surface area contributed by atoms with Gasteiger partial charge in [-0.05, 0) is 57.4 Å². The van der Waals surface area contributed by atoms with Crippen LogP contribution in [-0.2, 0) is 6.54 Å². The largest absolute Gasteiger partial charge is 0.352 e. The second kappa shape index (κ2) is 13.0. The highest BCUT2D eigenvalue weighted by Crippen LogP contribution is 2.32. The highest BCUT2D eigenvalue weighted by atomic mass is 32.1. The number of amides is 1. The molecule has 2 aromatic heterocycles. The van der Waals surface area contributed by atoms with E-state index in [2.05, 4.69) is 60.3 Å². The molecule has 1 amide bonds. The van der Waals surface area contributed by atoms with Gasteiger partial charge in [-0.25, -0.2) is 4.98 Å². The fraction of sp³-hybridized carbons (Fsp3) is 0.484. The summed E-state index contributed by atoms with van der Waals surface area (Å²) in [7, 11) is 0. The Morgan fingerprint density at radius 3 is 2.75 bits per heavy atom. The van der Waals surface area contributed by atoms with Gasteiger partial charge in [-0.1, -0.05) is 75.1 Å². The molecule has 0 radical (unpaired) electrons. The maximum Gasteiger partial charge on any atom is 0.253 e. The molecule has 0 aliphatic heterocycles. The summed E-state index contributed by atoms with van der Waals surface area (Å²) in [5.74, 6) is 0.582. The molecule has 3 aromatic rings. The fourth-order valence-corrected chi connectivity index (χ4v) is 5.96. The highest BCUT2D eigenvalue weighted by Gasteiger charge is 2.21. The lowest BCUT2D eigenvalue weighted by Crippen LogP contribution is -2.29. The summed E-state index contributed by atoms with van der Waals surface area (Å²) in [5, 5.41) is 6.39. The van der Waals surface area contributed by atoms with Crippen molar-refractivity contribution in [2.45, 2.75) is 85.1 Å². The molecule has 0 spiro atoms. The zero-order valence-corrected chi connectivity index (χ0v) is 23.0. The molecular formula is C31H41N3OS. The Kier molecular flexibility index (Phi) is 9.57. The third-order valence-corrected chi connectivity index (χ3v) is 8.43. The number of hydrogen-bond donors (Lipinski definition) is 1. The van der Waals surface area contributed by atoms with E-state index < -0.39 is 0 Å². The van der Waals surface area contributed by atoms with Gasteiger partial charge in [0.2, 0.25) is 0 Å². The summed E-state index contributed by atoms with van der Waals surface area (Å²) < 4.78 is 2.32. The molecular weight excluding hydrogens is 462 g/mol. The Morgan fingerprint density at radius 2 is 2.03 bits per heavy atom. The summed E-state index contributed by atoms with van der Waals surface area (Å²) in [5.41, 5.74) is 6.50. The van der Waals surface area contributed by atoms with Crippen molar-refractivity contribution in [3.63, 3.8) is 0 Å². The van der Waals surface area contributed by atoms with Crippen LogP contribution in [0.3, 0.4) is 0 Å². The summed E-state index contributed by atoms with van der Waals surface area (Å²) in [6.45, 7) is 8.17. The van der Waals surface area contributed by atoms with Gasteiger partial charge >= 0.3 is 0 Å². The van der Waals surface area contributed by atoms with Gasteiger partial charge in [-0.3, -0.25) is 4.79 Å². The molecule has 1 aliphatic rings. The average Bonchev–Trinajstić information content (AvgIpc) is 3.53. The fourth-order valence-electron chi connectivity index (χ4n) is 5.14. The molecule has 36 heavy (non-hydrogen) atoms. The van der Waals surface area contributed by atoms with Crippen molar-refractivity contribution in [3.05, 3.63) is 64.7 Å². The van der Waals surface area contributed by atoms with Gasteiger partial charge in [0, 0.05) is 29.7 Å². The number of thiazole rings is 1. The van der Waals surface area contributed by atoms with Crippen LogP contribution in [0.2, 0.25) is 0 Å². The molecule has 1 unspecified atom stereocenters. The molecule has 4 rings (SSSR count). The number of nitrogens with zero attached hydrogens (tertiary/aromatic N) is 2. The summed E-state index contributed by atoms with van der Waals surface area (Å²) in [4.78, 5) is 18.3. The minimum absolute atomic E-state index is 0.0397. The number of rotatable bonds is 12. The normalized spacial score (nSPS) is 14.5. The molecule has 1 aromatic carbocycles. The minimum atomic E-state index is 0.0397. The molecule has 0 saturated carbocycles. The van der Waals surface area contributed by atoms with E-state index in [0.717, 1.165) is 59.1 Å². The average molecular weight is 504 g/mol. The smallest absolute Gasteiger partial charge is 0.253 e. The lowest BCUT2D eigenvalue weighted by molar-refractivity contribution is 0.0945. The third kappa shape index (κ3) is 6.56. The van der Waals surface area contributed by atoms with Crippen LogP contribution in [0.25, 0.3) is 22.0 Å². The van der Waals surface area contributed by atoms with Crippen molar-refractivity contribution in [1.29, 1.82) is 0 Å². The number of benzene rings is 1. The van der Waals surface area contributed by atoms with Gasteiger partial charge < -0.3 is 9.88 Å². The Morgan fingerprint density at radius 1 is 1.19 bits per heavy atom. The van der Waals surface area contributed by atoms with Gasteiger partial charge in [-0.2, -0.15) is 0 Å². The predicted molar refractivity (Wildman–Crippen MR) is 153 cm³/mol. The number of nitrogens with one attached hydrogen (secondary N) is 1. The number of hydrogen-bond acceptors (Lipinski definition) is 3. The highest BCUT2D eigenvalue weighted by molar-refractivity contribution is 7.13. The maximum absolute atomic E-state index is 13.3.